The summed E-state index contributed by atoms with van der Waals surface area (Å²) in [7, 11) is 0. The lowest BCUT2D eigenvalue weighted by atomic mass is 9.89. The van der Waals surface area contributed by atoms with Crippen LogP contribution in [0.2, 0.25) is 0 Å². The number of ether oxygens (including phenoxy) is 2. The number of rotatable bonds is 5. The Hall–Kier alpha value is -3.12. The van der Waals surface area contributed by atoms with Crippen molar-refractivity contribution in [2.75, 3.05) is 6.61 Å². The maximum absolute atomic E-state index is 14.7. The Bertz CT molecular complexity index is 1210. The van der Waals surface area contributed by atoms with Crippen molar-refractivity contribution in [1.82, 2.24) is 0 Å². The van der Waals surface area contributed by atoms with Gasteiger partial charge < -0.3 is 9.47 Å². The lowest BCUT2D eigenvalue weighted by Gasteiger charge is -2.26. The van der Waals surface area contributed by atoms with E-state index in [1.165, 1.54) is 18.2 Å². The van der Waals surface area contributed by atoms with Gasteiger partial charge in [-0.1, -0.05) is 49.4 Å². The molecular weight excluding hydrogens is 441 g/mol. The maximum atomic E-state index is 14.7. The van der Waals surface area contributed by atoms with Gasteiger partial charge in [-0.15, -0.1) is 0 Å². The van der Waals surface area contributed by atoms with Crippen molar-refractivity contribution >= 4 is 5.97 Å². The molecule has 1 unspecified atom stereocenters. The van der Waals surface area contributed by atoms with Crippen LogP contribution < -0.4 is 0 Å². The highest BCUT2D eigenvalue weighted by Gasteiger charge is 2.30. The summed E-state index contributed by atoms with van der Waals surface area (Å²) in [5.74, 6) is -2.47. The molecule has 6 heteroatoms. The molecule has 3 nitrogen and oxygen atoms in total. The number of hydrogen-bond donors (Lipinski definition) is 0. The van der Waals surface area contributed by atoms with E-state index in [4.69, 9.17) is 9.47 Å². The number of esters is 1. The molecule has 3 aromatic carbocycles. The first-order valence-electron chi connectivity index (χ1n) is 11.6. The minimum Gasteiger partial charge on any atom is -0.459 e. The summed E-state index contributed by atoms with van der Waals surface area (Å²) in [4.78, 5) is 12.5. The van der Waals surface area contributed by atoms with Gasteiger partial charge in [0.05, 0.1) is 12.2 Å². The van der Waals surface area contributed by atoms with Crippen LogP contribution in [0.4, 0.5) is 13.2 Å². The molecule has 5 rings (SSSR count). The van der Waals surface area contributed by atoms with E-state index in [0.29, 0.717) is 29.2 Å². The largest absolute Gasteiger partial charge is 0.459 e. The highest BCUT2D eigenvalue weighted by Crippen LogP contribution is 2.36. The summed E-state index contributed by atoms with van der Waals surface area (Å²) in [6.07, 6.45) is 3.09. The third kappa shape index (κ3) is 4.60. The van der Waals surface area contributed by atoms with Crippen LogP contribution in [0.3, 0.4) is 0 Å². The van der Waals surface area contributed by atoms with Gasteiger partial charge in [0.1, 0.15) is 18.0 Å². The zero-order chi connectivity index (χ0) is 23.8. The van der Waals surface area contributed by atoms with Crippen molar-refractivity contribution in [2.24, 2.45) is 5.92 Å². The zero-order valence-corrected chi connectivity index (χ0v) is 18.8. The zero-order valence-electron chi connectivity index (χ0n) is 18.8. The van der Waals surface area contributed by atoms with Crippen LogP contribution >= 0.6 is 0 Å². The smallest absolute Gasteiger partial charge is 0.341 e. The first-order valence-corrected chi connectivity index (χ1v) is 11.6. The second-order valence-electron chi connectivity index (χ2n) is 9.21. The number of epoxide rings is 1. The minimum atomic E-state index is -0.915. The normalized spacial score (nSPS) is 21.8. The van der Waals surface area contributed by atoms with Gasteiger partial charge >= 0.3 is 5.97 Å². The van der Waals surface area contributed by atoms with Crippen LogP contribution in [0, 0.1) is 23.4 Å². The standard InChI is InChI=1S/C28H25F3O3/c1-16-2-9-20(10-3-16)34-28(32)22-11-8-19(14-24(22)29)17-4-6-18(7-5-17)21-12-13-23(25-15-33-25)27(31)26(21)30/h4-8,11-14,16,20,25H,2-3,9-10,15H2,1H3. The Kier molecular flexibility index (Phi) is 6.17. The van der Waals surface area contributed by atoms with Gasteiger partial charge in [0, 0.05) is 11.1 Å². The molecular formula is C28H25F3O3. The van der Waals surface area contributed by atoms with Crippen LogP contribution in [0.15, 0.2) is 54.6 Å². The monoisotopic (exact) mass is 466 g/mol. The van der Waals surface area contributed by atoms with Crippen molar-refractivity contribution in [3.05, 3.63) is 83.2 Å². The molecule has 1 aliphatic carbocycles. The average molecular weight is 466 g/mol. The van der Waals surface area contributed by atoms with E-state index in [-0.39, 0.29) is 28.9 Å². The number of benzene rings is 3. The fourth-order valence-corrected chi connectivity index (χ4v) is 4.53. The van der Waals surface area contributed by atoms with Gasteiger partial charge in [0.2, 0.25) is 0 Å². The van der Waals surface area contributed by atoms with Crippen molar-refractivity contribution in [1.29, 1.82) is 0 Å². The number of carbonyl (C=O) groups is 1. The van der Waals surface area contributed by atoms with E-state index < -0.39 is 23.4 Å². The predicted molar refractivity (Wildman–Crippen MR) is 123 cm³/mol. The number of hydrogen-bond acceptors (Lipinski definition) is 3. The van der Waals surface area contributed by atoms with Crippen LogP contribution in [-0.4, -0.2) is 18.7 Å². The first-order chi connectivity index (χ1) is 16.4. The molecule has 3 aromatic rings. The molecule has 1 atom stereocenters. The molecule has 34 heavy (non-hydrogen) atoms. The fourth-order valence-electron chi connectivity index (χ4n) is 4.53. The van der Waals surface area contributed by atoms with E-state index in [1.807, 2.05) is 0 Å². The summed E-state index contributed by atoms with van der Waals surface area (Å²) in [6, 6.07) is 14.2. The number of halogens is 3. The van der Waals surface area contributed by atoms with Crippen LogP contribution in [0.5, 0.6) is 0 Å². The summed E-state index contributed by atoms with van der Waals surface area (Å²) in [5.41, 5.74) is 2.05. The lowest BCUT2D eigenvalue weighted by molar-refractivity contribution is 0.0169. The predicted octanol–water partition coefficient (Wildman–Crippen LogP) is 7.24. The van der Waals surface area contributed by atoms with Gasteiger partial charge in [-0.2, -0.15) is 0 Å². The van der Waals surface area contributed by atoms with Crippen molar-refractivity contribution in [3.8, 4) is 22.3 Å². The Morgan fingerprint density at radius 3 is 2.15 bits per heavy atom. The molecule has 0 bridgehead atoms. The maximum Gasteiger partial charge on any atom is 0.341 e. The highest BCUT2D eigenvalue weighted by atomic mass is 19.2. The molecule has 176 valence electrons. The highest BCUT2D eigenvalue weighted by molar-refractivity contribution is 5.90. The molecule has 0 N–H and O–H groups in total. The molecule has 2 aliphatic rings. The second kappa shape index (κ2) is 9.26. The Morgan fingerprint density at radius 2 is 1.50 bits per heavy atom. The molecule has 1 saturated carbocycles. The first kappa shape index (κ1) is 22.7. The Balaban J connectivity index is 1.31. The summed E-state index contributed by atoms with van der Waals surface area (Å²) in [6.45, 7) is 2.58. The van der Waals surface area contributed by atoms with E-state index in [1.54, 1.807) is 36.4 Å². The second-order valence-corrected chi connectivity index (χ2v) is 9.21. The summed E-state index contributed by atoms with van der Waals surface area (Å²) >= 11 is 0. The van der Waals surface area contributed by atoms with Crippen LogP contribution in [-0.2, 0) is 9.47 Å². The van der Waals surface area contributed by atoms with E-state index in [2.05, 4.69) is 6.92 Å². The van der Waals surface area contributed by atoms with E-state index in [0.717, 1.165) is 25.7 Å². The van der Waals surface area contributed by atoms with E-state index >= 15 is 0 Å². The molecule has 1 heterocycles. The van der Waals surface area contributed by atoms with Gasteiger partial charge in [-0.3, -0.25) is 0 Å². The molecule has 2 fully saturated rings. The van der Waals surface area contributed by atoms with Gasteiger partial charge in [-0.05, 0) is 60.4 Å². The van der Waals surface area contributed by atoms with Crippen LogP contribution in [0.25, 0.3) is 22.3 Å². The quantitative estimate of drug-likeness (QED) is 0.294. The lowest BCUT2D eigenvalue weighted by Crippen LogP contribution is -2.24. The summed E-state index contributed by atoms with van der Waals surface area (Å²) in [5, 5.41) is 0. The van der Waals surface area contributed by atoms with E-state index in [9.17, 15) is 18.0 Å². The van der Waals surface area contributed by atoms with Gasteiger partial charge in [-0.25, -0.2) is 18.0 Å². The molecule has 0 aromatic heterocycles. The van der Waals surface area contributed by atoms with Crippen LogP contribution in [0.1, 0.15) is 54.6 Å². The molecule has 0 spiro atoms. The van der Waals surface area contributed by atoms with Crippen molar-refractivity contribution < 1.29 is 27.4 Å². The molecule has 1 saturated heterocycles. The topological polar surface area (TPSA) is 38.8 Å². The molecule has 0 radical (unpaired) electrons. The average Bonchev–Trinajstić information content (AvgIpc) is 3.68. The third-order valence-corrected chi connectivity index (χ3v) is 6.75. The molecule has 1 aliphatic heterocycles. The van der Waals surface area contributed by atoms with Crippen molar-refractivity contribution in [3.63, 3.8) is 0 Å². The van der Waals surface area contributed by atoms with Gasteiger partial charge in [0.15, 0.2) is 11.6 Å². The summed E-state index contributed by atoms with van der Waals surface area (Å²) < 4.78 is 54.3. The number of carbonyl (C=O) groups excluding carboxylic acids is 1. The van der Waals surface area contributed by atoms with Gasteiger partial charge in [0.25, 0.3) is 0 Å². The SMILES string of the molecule is CC1CCC(OC(=O)c2ccc(-c3ccc(-c4ccc(C5CO5)c(F)c4F)cc3)cc2F)CC1. The molecule has 0 amide bonds. The van der Waals surface area contributed by atoms with Crippen molar-refractivity contribution in [2.45, 2.75) is 44.8 Å². The fraction of sp³-hybridized carbons (Fsp3) is 0.321. The Morgan fingerprint density at radius 1 is 0.853 bits per heavy atom. The third-order valence-electron chi connectivity index (χ3n) is 6.75. The minimum absolute atomic E-state index is 0.0868. The Labute approximate surface area is 196 Å².